The van der Waals surface area contributed by atoms with E-state index in [-0.39, 0.29) is 12.1 Å². The lowest BCUT2D eigenvalue weighted by atomic mass is 9.81. The molecule has 0 atom stereocenters. The number of benzene rings is 3. The highest BCUT2D eigenvalue weighted by Gasteiger charge is 2.31. The largest absolute Gasteiger partial charge is 0.497 e. The van der Waals surface area contributed by atoms with Gasteiger partial charge in [-0.1, -0.05) is 42.5 Å². The second-order valence-corrected chi connectivity index (χ2v) is 8.90. The normalized spacial score (nSPS) is 18.1. The summed E-state index contributed by atoms with van der Waals surface area (Å²) in [6.07, 6.45) is -0.755. The van der Waals surface area contributed by atoms with Gasteiger partial charge in [0, 0.05) is 18.3 Å². The number of halogens is 3. The molecule has 3 aromatic rings. The van der Waals surface area contributed by atoms with Crippen LogP contribution in [0.5, 0.6) is 5.75 Å². The molecule has 4 rings (SSSR count). The Bertz CT molecular complexity index is 1090. The van der Waals surface area contributed by atoms with Crippen molar-refractivity contribution in [1.82, 2.24) is 4.90 Å². The standard InChI is InChI=1S/C28H29F3N2O2/c1-35-26-17-7-20(8-18-26)19-33(25-15-9-22(10-16-25)21-5-3-2-4-6-21)27(34)32-24-13-11-23(12-14-24)28(29,30)31/h2-8,11-14,17-18,22,25H,9-10,15-16,19H2,1H3,(H,32,34). The van der Waals surface area contributed by atoms with Gasteiger partial charge in [0.2, 0.25) is 0 Å². The molecule has 35 heavy (non-hydrogen) atoms. The third-order valence-corrected chi connectivity index (χ3v) is 6.64. The number of ether oxygens (including phenoxy) is 1. The Kier molecular flexibility index (Phi) is 7.63. The summed E-state index contributed by atoms with van der Waals surface area (Å²) in [5, 5.41) is 2.80. The van der Waals surface area contributed by atoms with Crippen molar-refractivity contribution >= 4 is 11.7 Å². The third kappa shape index (κ3) is 6.35. The van der Waals surface area contributed by atoms with Gasteiger partial charge in [-0.3, -0.25) is 0 Å². The highest BCUT2D eigenvalue weighted by molar-refractivity contribution is 5.89. The lowest BCUT2D eigenvalue weighted by Crippen LogP contribution is -2.44. The van der Waals surface area contributed by atoms with Crippen molar-refractivity contribution in [1.29, 1.82) is 0 Å². The lowest BCUT2D eigenvalue weighted by molar-refractivity contribution is -0.137. The third-order valence-electron chi connectivity index (χ3n) is 6.64. The summed E-state index contributed by atoms with van der Waals surface area (Å²) < 4.78 is 43.9. The Morgan fingerprint density at radius 1 is 0.914 bits per heavy atom. The first kappa shape index (κ1) is 24.6. The van der Waals surface area contributed by atoms with Crippen LogP contribution < -0.4 is 10.1 Å². The van der Waals surface area contributed by atoms with Gasteiger partial charge >= 0.3 is 12.2 Å². The number of rotatable bonds is 6. The minimum absolute atomic E-state index is 0.0338. The van der Waals surface area contributed by atoms with E-state index in [1.165, 1.54) is 17.7 Å². The molecule has 1 aliphatic carbocycles. The number of hydrogen-bond donors (Lipinski definition) is 1. The summed E-state index contributed by atoms with van der Waals surface area (Å²) in [7, 11) is 1.60. The minimum atomic E-state index is -4.42. The molecular formula is C28H29F3N2O2. The van der Waals surface area contributed by atoms with Gasteiger partial charge in [-0.25, -0.2) is 4.79 Å². The fourth-order valence-corrected chi connectivity index (χ4v) is 4.68. The molecule has 0 aliphatic heterocycles. The van der Waals surface area contributed by atoms with Crippen molar-refractivity contribution in [2.45, 2.75) is 50.4 Å². The minimum Gasteiger partial charge on any atom is -0.497 e. The average Bonchev–Trinajstić information content (AvgIpc) is 2.88. The van der Waals surface area contributed by atoms with Crippen LogP contribution in [0.1, 0.15) is 48.3 Å². The average molecular weight is 483 g/mol. The molecule has 1 fully saturated rings. The number of amides is 2. The van der Waals surface area contributed by atoms with Crippen molar-refractivity contribution in [3.63, 3.8) is 0 Å². The highest BCUT2D eigenvalue weighted by atomic mass is 19.4. The molecule has 0 spiro atoms. The maximum absolute atomic E-state index is 13.3. The molecule has 1 saturated carbocycles. The highest BCUT2D eigenvalue weighted by Crippen LogP contribution is 2.36. The monoisotopic (exact) mass is 482 g/mol. The number of anilines is 1. The quantitative estimate of drug-likeness (QED) is 0.396. The molecule has 0 aromatic heterocycles. The first-order chi connectivity index (χ1) is 16.8. The summed E-state index contributed by atoms with van der Waals surface area (Å²) >= 11 is 0. The van der Waals surface area contributed by atoms with E-state index in [0.717, 1.165) is 49.1 Å². The Hall–Kier alpha value is -3.48. The molecule has 1 aliphatic rings. The number of alkyl halides is 3. The molecule has 1 N–H and O–H groups in total. The molecule has 0 bridgehead atoms. The second kappa shape index (κ2) is 10.8. The van der Waals surface area contributed by atoms with Gasteiger partial charge in [-0.05, 0) is 79.1 Å². The van der Waals surface area contributed by atoms with Crippen molar-refractivity contribution in [2.24, 2.45) is 0 Å². The lowest BCUT2D eigenvalue weighted by Gasteiger charge is -2.37. The van der Waals surface area contributed by atoms with E-state index < -0.39 is 11.7 Å². The molecular weight excluding hydrogens is 453 g/mol. The van der Waals surface area contributed by atoms with Crippen LogP contribution in [0.2, 0.25) is 0 Å². The van der Waals surface area contributed by atoms with Crippen LogP contribution in [0.15, 0.2) is 78.9 Å². The van der Waals surface area contributed by atoms with Crippen LogP contribution in [0, 0.1) is 0 Å². The number of carbonyl (C=O) groups excluding carboxylic acids is 1. The fourth-order valence-electron chi connectivity index (χ4n) is 4.68. The van der Waals surface area contributed by atoms with Gasteiger partial charge in [0.05, 0.1) is 12.7 Å². The summed E-state index contributed by atoms with van der Waals surface area (Å²) in [6.45, 7) is 0.400. The first-order valence-corrected chi connectivity index (χ1v) is 11.8. The molecule has 2 amide bonds. The van der Waals surface area contributed by atoms with Crippen molar-refractivity contribution in [3.05, 3.63) is 95.6 Å². The van der Waals surface area contributed by atoms with Crippen LogP contribution >= 0.6 is 0 Å². The molecule has 3 aromatic carbocycles. The van der Waals surface area contributed by atoms with Gasteiger partial charge in [0.25, 0.3) is 0 Å². The summed E-state index contributed by atoms with van der Waals surface area (Å²) in [6, 6.07) is 22.2. The van der Waals surface area contributed by atoms with Crippen LogP contribution in [0.25, 0.3) is 0 Å². The molecule has 7 heteroatoms. The van der Waals surface area contributed by atoms with Crippen LogP contribution in [0.4, 0.5) is 23.7 Å². The van der Waals surface area contributed by atoms with Gasteiger partial charge in [-0.2, -0.15) is 13.2 Å². The van der Waals surface area contributed by atoms with Crippen LogP contribution in [-0.4, -0.2) is 24.1 Å². The van der Waals surface area contributed by atoms with E-state index in [1.807, 2.05) is 30.3 Å². The summed E-state index contributed by atoms with van der Waals surface area (Å²) in [4.78, 5) is 15.1. The van der Waals surface area contributed by atoms with E-state index in [4.69, 9.17) is 4.74 Å². The molecule has 0 heterocycles. The number of urea groups is 1. The number of nitrogens with one attached hydrogen (secondary N) is 1. The number of carbonyl (C=O) groups is 1. The maximum atomic E-state index is 13.3. The second-order valence-electron chi connectivity index (χ2n) is 8.90. The Balaban J connectivity index is 1.49. The van der Waals surface area contributed by atoms with Crippen LogP contribution in [-0.2, 0) is 12.7 Å². The van der Waals surface area contributed by atoms with Crippen molar-refractivity contribution < 1.29 is 22.7 Å². The van der Waals surface area contributed by atoms with E-state index >= 15 is 0 Å². The number of nitrogens with zero attached hydrogens (tertiary/aromatic N) is 1. The molecule has 0 unspecified atom stereocenters. The predicted octanol–water partition coefficient (Wildman–Crippen LogP) is 7.47. The Morgan fingerprint density at radius 2 is 1.54 bits per heavy atom. The SMILES string of the molecule is COc1ccc(CN(C(=O)Nc2ccc(C(F)(F)F)cc2)C2CCC(c3ccccc3)CC2)cc1. The van der Waals surface area contributed by atoms with Gasteiger partial charge in [0.15, 0.2) is 0 Å². The van der Waals surface area contributed by atoms with Gasteiger partial charge in [-0.15, -0.1) is 0 Å². The van der Waals surface area contributed by atoms with Gasteiger partial charge in [0.1, 0.15) is 5.75 Å². The first-order valence-electron chi connectivity index (χ1n) is 11.8. The van der Waals surface area contributed by atoms with E-state index in [1.54, 1.807) is 12.0 Å². The van der Waals surface area contributed by atoms with E-state index in [0.29, 0.717) is 18.2 Å². The number of hydrogen-bond acceptors (Lipinski definition) is 2. The summed E-state index contributed by atoms with van der Waals surface area (Å²) in [5.41, 5.74) is 1.87. The van der Waals surface area contributed by atoms with Crippen molar-refractivity contribution in [3.8, 4) is 5.75 Å². The topological polar surface area (TPSA) is 41.6 Å². The maximum Gasteiger partial charge on any atom is 0.416 e. The molecule has 0 saturated heterocycles. The smallest absolute Gasteiger partial charge is 0.416 e. The Labute approximate surface area is 203 Å². The van der Waals surface area contributed by atoms with E-state index in [9.17, 15) is 18.0 Å². The summed E-state index contributed by atoms with van der Waals surface area (Å²) in [5.74, 6) is 1.20. The fraction of sp³-hybridized carbons (Fsp3) is 0.321. The Morgan fingerprint density at radius 3 is 2.11 bits per heavy atom. The molecule has 184 valence electrons. The van der Waals surface area contributed by atoms with Crippen LogP contribution in [0.3, 0.4) is 0 Å². The van der Waals surface area contributed by atoms with Gasteiger partial charge < -0.3 is 15.0 Å². The zero-order valence-electron chi connectivity index (χ0n) is 19.6. The molecule has 4 nitrogen and oxygen atoms in total. The zero-order chi connectivity index (χ0) is 24.8. The number of methoxy groups -OCH3 is 1. The molecule has 0 radical (unpaired) electrons. The zero-order valence-corrected chi connectivity index (χ0v) is 19.6. The van der Waals surface area contributed by atoms with E-state index in [2.05, 4.69) is 29.6 Å². The predicted molar refractivity (Wildman–Crippen MR) is 130 cm³/mol. The van der Waals surface area contributed by atoms with Crippen molar-refractivity contribution in [2.75, 3.05) is 12.4 Å².